The highest BCUT2D eigenvalue weighted by Crippen LogP contribution is 2.32. The molecular formula is C20H17N3O3S. The minimum atomic E-state index is -0.199. The van der Waals surface area contributed by atoms with E-state index in [-0.39, 0.29) is 12.5 Å². The van der Waals surface area contributed by atoms with Crippen molar-refractivity contribution in [1.82, 2.24) is 5.32 Å². The lowest BCUT2D eigenvalue weighted by molar-refractivity contribution is -0.115. The van der Waals surface area contributed by atoms with Crippen LogP contribution in [0.5, 0.6) is 11.5 Å². The van der Waals surface area contributed by atoms with Crippen molar-refractivity contribution in [1.29, 1.82) is 5.26 Å². The van der Waals surface area contributed by atoms with Gasteiger partial charge in [-0.25, -0.2) is 4.99 Å². The highest BCUT2D eigenvalue weighted by Gasteiger charge is 2.24. The lowest BCUT2D eigenvalue weighted by Gasteiger charge is -2.08. The summed E-state index contributed by atoms with van der Waals surface area (Å²) in [5.41, 5.74) is 2.72. The highest BCUT2D eigenvalue weighted by atomic mass is 32.2. The molecule has 7 heteroatoms. The molecule has 1 aliphatic heterocycles. The van der Waals surface area contributed by atoms with Crippen LogP contribution in [0.3, 0.4) is 0 Å². The van der Waals surface area contributed by atoms with Gasteiger partial charge in [0.1, 0.15) is 6.07 Å². The molecule has 0 spiro atoms. The SMILES string of the molecule is COc1cc(C=C2SC(=Nc3ccc(C)cc3)NC2=O)ccc1OCC#N. The number of carbonyl (C=O) groups is 1. The van der Waals surface area contributed by atoms with Crippen LogP contribution in [0.1, 0.15) is 11.1 Å². The summed E-state index contributed by atoms with van der Waals surface area (Å²) in [6, 6.07) is 14.9. The maximum Gasteiger partial charge on any atom is 0.264 e. The van der Waals surface area contributed by atoms with Crippen molar-refractivity contribution < 1.29 is 14.3 Å². The minimum absolute atomic E-state index is 0.0616. The number of aryl methyl sites for hydroxylation is 1. The summed E-state index contributed by atoms with van der Waals surface area (Å²) in [6.45, 7) is 1.95. The number of nitrogens with zero attached hydrogens (tertiary/aromatic N) is 2. The second kappa shape index (κ2) is 8.43. The lowest BCUT2D eigenvalue weighted by atomic mass is 10.2. The number of benzene rings is 2. The largest absolute Gasteiger partial charge is 0.493 e. The van der Waals surface area contributed by atoms with E-state index in [9.17, 15) is 4.79 Å². The number of amides is 1. The van der Waals surface area contributed by atoms with Crippen LogP contribution in [0.15, 0.2) is 52.4 Å². The molecule has 1 heterocycles. The fraction of sp³-hybridized carbons (Fsp3) is 0.150. The summed E-state index contributed by atoms with van der Waals surface area (Å²) in [7, 11) is 1.52. The maximum atomic E-state index is 12.2. The van der Waals surface area contributed by atoms with Gasteiger partial charge in [-0.3, -0.25) is 4.79 Å². The molecule has 0 saturated carbocycles. The fourth-order valence-corrected chi connectivity index (χ4v) is 3.21. The van der Waals surface area contributed by atoms with E-state index in [0.29, 0.717) is 21.6 Å². The third-order valence-corrected chi connectivity index (χ3v) is 4.60. The Kier molecular flexibility index (Phi) is 5.79. The quantitative estimate of drug-likeness (QED) is 0.799. The summed E-state index contributed by atoms with van der Waals surface area (Å²) in [6.07, 6.45) is 1.76. The van der Waals surface area contributed by atoms with E-state index >= 15 is 0 Å². The number of nitrogens with one attached hydrogen (secondary N) is 1. The molecule has 1 aliphatic rings. The van der Waals surface area contributed by atoms with Crippen molar-refractivity contribution in [2.45, 2.75) is 6.92 Å². The Balaban J connectivity index is 1.80. The van der Waals surface area contributed by atoms with Crippen LogP contribution >= 0.6 is 11.8 Å². The Morgan fingerprint density at radius 3 is 2.70 bits per heavy atom. The summed E-state index contributed by atoms with van der Waals surface area (Å²) in [4.78, 5) is 17.2. The zero-order valence-corrected chi connectivity index (χ0v) is 15.7. The van der Waals surface area contributed by atoms with Crippen molar-refractivity contribution in [3.05, 3.63) is 58.5 Å². The number of thioether (sulfide) groups is 1. The average Bonchev–Trinajstić information content (AvgIpc) is 3.01. The molecule has 0 aromatic heterocycles. The summed E-state index contributed by atoms with van der Waals surface area (Å²) in [5, 5.41) is 11.9. The minimum Gasteiger partial charge on any atom is -0.493 e. The Labute approximate surface area is 161 Å². The topological polar surface area (TPSA) is 83.7 Å². The summed E-state index contributed by atoms with van der Waals surface area (Å²) >= 11 is 1.28. The molecule has 27 heavy (non-hydrogen) atoms. The zero-order valence-electron chi connectivity index (χ0n) is 14.9. The van der Waals surface area contributed by atoms with E-state index in [1.807, 2.05) is 37.3 Å². The third-order valence-electron chi connectivity index (χ3n) is 3.69. The molecule has 0 aliphatic carbocycles. The second-order valence-corrected chi connectivity index (χ2v) is 6.71. The van der Waals surface area contributed by atoms with E-state index in [1.165, 1.54) is 18.9 Å². The van der Waals surface area contributed by atoms with Gasteiger partial charge < -0.3 is 14.8 Å². The molecule has 0 atom stereocenters. The van der Waals surface area contributed by atoms with Crippen molar-refractivity contribution >= 4 is 34.6 Å². The molecule has 2 aromatic carbocycles. The first kappa shape index (κ1) is 18.5. The molecule has 1 saturated heterocycles. The van der Waals surface area contributed by atoms with Gasteiger partial charge >= 0.3 is 0 Å². The smallest absolute Gasteiger partial charge is 0.264 e. The van der Waals surface area contributed by atoms with Gasteiger partial charge in [0.15, 0.2) is 23.3 Å². The number of aliphatic imine (C=N–C) groups is 1. The molecule has 6 nitrogen and oxygen atoms in total. The molecule has 1 fully saturated rings. The van der Waals surface area contributed by atoms with Gasteiger partial charge in [0.2, 0.25) is 0 Å². The molecule has 0 unspecified atom stereocenters. The average molecular weight is 379 g/mol. The number of methoxy groups -OCH3 is 1. The Morgan fingerprint density at radius 1 is 1.22 bits per heavy atom. The van der Waals surface area contributed by atoms with Crippen molar-refractivity contribution in [2.75, 3.05) is 13.7 Å². The van der Waals surface area contributed by atoms with Crippen molar-refractivity contribution in [2.24, 2.45) is 4.99 Å². The first-order chi connectivity index (χ1) is 13.1. The summed E-state index contributed by atoms with van der Waals surface area (Å²) in [5.74, 6) is 0.775. The second-order valence-electron chi connectivity index (χ2n) is 5.67. The van der Waals surface area contributed by atoms with E-state index in [4.69, 9.17) is 14.7 Å². The molecule has 1 amide bonds. The number of carbonyl (C=O) groups excluding carboxylic acids is 1. The number of nitriles is 1. The molecule has 0 bridgehead atoms. The molecule has 1 N–H and O–H groups in total. The van der Waals surface area contributed by atoms with Crippen LogP contribution in [0.2, 0.25) is 0 Å². The molecular weight excluding hydrogens is 362 g/mol. The van der Waals surface area contributed by atoms with Gasteiger partial charge in [-0.2, -0.15) is 5.26 Å². The van der Waals surface area contributed by atoms with E-state index in [1.54, 1.807) is 24.3 Å². The van der Waals surface area contributed by atoms with Crippen molar-refractivity contribution in [3.8, 4) is 17.6 Å². The van der Waals surface area contributed by atoms with Crippen molar-refractivity contribution in [3.63, 3.8) is 0 Å². The van der Waals surface area contributed by atoms with Crippen LogP contribution in [0, 0.1) is 18.3 Å². The van der Waals surface area contributed by atoms with Gasteiger partial charge in [-0.1, -0.05) is 23.8 Å². The number of hydrogen-bond acceptors (Lipinski definition) is 6. The monoisotopic (exact) mass is 379 g/mol. The fourth-order valence-electron chi connectivity index (χ4n) is 2.37. The van der Waals surface area contributed by atoms with Gasteiger partial charge in [0, 0.05) is 0 Å². The Bertz CT molecular complexity index is 959. The van der Waals surface area contributed by atoms with E-state index < -0.39 is 0 Å². The predicted octanol–water partition coefficient (Wildman–Crippen LogP) is 3.80. The molecule has 136 valence electrons. The van der Waals surface area contributed by atoms with Crippen LogP contribution in [-0.4, -0.2) is 24.8 Å². The first-order valence-electron chi connectivity index (χ1n) is 8.13. The molecule has 3 rings (SSSR count). The zero-order chi connectivity index (χ0) is 19.2. The molecule has 2 aromatic rings. The van der Waals surface area contributed by atoms with Crippen LogP contribution in [0.4, 0.5) is 5.69 Å². The number of ether oxygens (including phenoxy) is 2. The number of amidine groups is 1. The lowest BCUT2D eigenvalue weighted by Crippen LogP contribution is -2.19. The van der Waals surface area contributed by atoms with E-state index in [2.05, 4.69) is 10.3 Å². The standard InChI is InChI=1S/C20H17N3O3S/c1-13-3-6-15(7-4-13)22-20-23-19(24)18(27-20)12-14-5-8-16(26-10-9-21)17(11-14)25-2/h3-8,11-12H,10H2,1-2H3,(H,22,23,24). The predicted molar refractivity (Wildman–Crippen MR) is 106 cm³/mol. The Morgan fingerprint density at radius 2 is 2.00 bits per heavy atom. The van der Waals surface area contributed by atoms with E-state index in [0.717, 1.165) is 16.8 Å². The maximum absolute atomic E-state index is 12.2. The normalized spacial score (nSPS) is 16.3. The van der Waals surface area contributed by atoms with Gasteiger partial charge in [0.05, 0.1) is 17.7 Å². The number of rotatable bonds is 5. The highest BCUT2D eigenvalue weighted by molar-refractivity contribution is 8.18. The third kappa shape index (κ3) is 4.68. The van der Waals surface area contributed by atoms with Crippen LogP contribution in [0.25, 0.3) is 6.08 Å². The summed E-state index contributed by atoms with van der Waals surface area (Å²) < 4.78 is 10.6. The van der Waals surface area contributed by atoms with Gasteiger partial charge in [-0.05, 0) is 54.6 Å². The molecule has 0 radical (unpaired) electrons. The number of hydrogen-bond donors (Lipinski definition) is 1. The first-order valence-corrected chi connectivity index (χ1v) is 8.95. The van der Waals surface area contributed by atoms with Crippen LogP contribution < -0.4 is 14.8 Å². The van der Waals surface area contributed by atoms with Gasteiger partial charge in [0.25, 0.3) is 5.91 Å². The van der Waals surface area contributed by atoms with Gasteiger partial charge in [-0.15, -0.1) is 0 Å². The Hall–Kier alpha value is -3.24. The van der Waals surface area contributed by atoms with Crippen LogP contribution in [-0.2, 0) is 4.79 Å².